The van der Waals surface area contributed by atoms with Gasteiger partial charge in [-0.1, -0.05) is 30.7 Å². The van der Waals surface area contributed by atoms with Crippen molar-refractivity contribution in [1.29, 1.82) is 0 Å². The van der Waals surface area contributed by atoms with Crippen molar-refractivity contribution in [2.24, 2.45) is 5.41 Å². The van der Waals surface area contributed by atoms with Crippen LogP contribution in [-0.4, -0.2) is 30.1 Å². The van der Waals surface area contributed by atoms with Crippen molar-refractivity contribution in [3.05, 3.63) is 35.4 Å². The Morgan fingerprint density at radius 3 is 2.76 bits per heavy atom. The maximum atomic E-state index is 12.3. The van der Waals surface area contributed by atoms with Gasteiger partial charge in [-0.3, -0.25) is 9.59 Å². The van der Waals surface area contributed by atoms with E-state index in [1.54, 1.807) is 0 Å². The summed E-state index contributed by atoms with van der Waals surface area (Å²) >= 11 is 0. The van der Waals surface area contributed by atoms with Gasteiger partial charge in [0.1, 0.15) is 0 Å². The zero-order chi connectivity index (χ0) is 14.9. The highest BCUT2D eigenvalue weighted by atomic mass is 16.5. The first-order valence-corrected chi connectivity index (χ1v) is 7.33. The first-order chi connectivity index (χ1) is 10.1. The van der Waals surface area contributed by atoms with Gasteiger partial charge in [-0.2, -0.15) is 0 Å². The van der Waals surface area contributed by atoms with Crippen molar-refractivity contribution in [3.63, 3.8) is 0 Å². The number of carboxylic acids is 1. The number of benzene rings is 1. The molecule has 0 aromatic heterocycles. The second kappa shape index (κ2) is 5.48. The molecule has 112 valence electrons. The van der Waals surface area contributed by atoms with E-state index in [9.17, 15) is 14.7 Å². The SMILES string of the molecule is O=C(NCC1(C(=O)O)CCC1)C1OCCc2ccccc21. The van der Waals surface area contributed by atoms with E-state index in [4.69, 9.17) is 4.74 Å². The Balaban J connectivity index is 1.68. The molecule has 1 aromatic carbocycles. The number of amides is 1. The lowest BCUT2D eigenvalue weighted by atomic mass is 9.69. The molecule has 1 aromatic rings. The van der Waals surface area contributed by atoms with E-state index in [0.717, 1.165) is 24.0 Å². The molecule has 5 heteroatoms. The van der Waals surface area contributed by atoms with E-state index in [1.165, 1.54) is 0 Å². The first kappa shape index (κ1) is 14.1. The molecule has 1 fully saturated rings. The van der Waals surface area contributed by atoms with Gasteiger partial charge in [-0.05, 0) is 30.4 Å². The summed E-state index contributed by atoms with van der Waals surface area (Å²) in [6, 6.07) is 7.74. The van der Waals surface area contributed by atoms with Gasteiger partial charge in [0.15, 0.2) is 6.10 Å². The maximum Gasteiger partial charge on any atom is 0.311 e. The van der Waals surface area contributed by atoms with Crippen LogP contribution in [0, 0.1) is 5.41 Å². The lowest BCUT2D eigenvalue weighted by molar-refractivity contribution is -0.154. The van der Waals surface area contributed by atoms with Crippen LogP contribution in [0.2, 0.25) is 0 Å². The van der Waals surface area contributed by atoms with Crippen LogP contribution in [0.15, 0.2) is 24.3 Å². The van der Waals surface area contributed by atoms with Crippen LogP contribution in [0.25, 0.3) is 0 Å². The summed E-state index contributed by atoms with van der Waals surface area (Å²) in [5, 5.41) is 12.1. The lowest BCUT2D eigenvalue weighted by Gasteiger charge is -2.38. The molecule has 0 bridgehead atoms. The topological polar surface area (TPSA) is 75.6 Å². The van der Waals surface area contributed by atoms with Gasteiger partial charge in [0, 0.05) is 6.54 Å². The van der Waals surface area contributed by atoms with Crippen LogP contribution in [0.5, 0.6) is 0 Å². The zero-order valence-corrected chi connectivity index (χ0v) is 11.8. The van der Waals surface area contributed by atoms with Crippen LogP contribution in [0.1, 0.15) is 36.5 Å². The van der Waals surface area contributed by atoms with Crippen molar-refractivity contribution in [2.75, 3.05) is 13.2 Å². The number of aliphatic carboxylic acids is 1. The summed E-state index contributed by atoms with van der Waals surface area (Å²) in [4.78, 5) is 23.6. The molecule has 0 saturated heterocycles. The van der Waals surface area contributed by atoms with Gasteiger partial charge in [0.2, 0.25) is 0 Å². The molecule has 0 spiro atoms. The van der Waals surface area contributed by atoms with Gasteiger partial charge in [-0.25, -0.2) is 0 Å². The van der Waals surface area contributed by atoms with E-state index < -0.39 is 17.5 Å². The number of carbonyl (C=O) groups excluding carboxylic acids is 1. The Morgan fingerprint density at radius 2 is 2.10 bits per heavy atom. The molecule has 1 aliphatic carbocycles. The molecule has 1 amide bonds. The molecular formula is C16H19NO4. The van der Waals surface area contributed by atoms with Crippen LogP contribution in [0.4, 0.5) is 0 Å². The monoisotopic (exact) mass is 289 g/mol. The molecule has 21 heavy (non-hydrogen) atoms. The normalized spacial score (nSPS) is 22.8. The smallest absolute Gasteiger partial charge is 0.311 e. The van der Waals surface area contributed by atoms with Crippen molar-refractivity contribution in [1.82, 2.24) is 5.32 Å². The molecule has 1 heterocycles. The van der Waals surface area contributed by atoms with Crippen LogP contribution < -0.4 is 5.32 Å². The molecule has 5 nitrogen and oxygen atoms in total. The van der Waals surface area contributed by atoms with E-state index in [2.05, 4.69) is 5.32 Å². The highest BCUT2D eigenvalue weighted by Gasteiger charge is 2.45. The number of hydrogen-bond donors (Lipinski definition) is 2. The van der Waals surface area contributed by atoms with Gasteiger partial charge < -0.3 is 15.2 Å². The Kier molecular flexibility index (Phi) is 3.68. The van der Waals surface area contributed by atoms with E-state index in [1.807, 2.05) is 24.3 Å². The predicted octanol–water partition coefficient (Wildman–Crippen LogP) is 1.67. The molecule has 1 atom stereocenters. The van der Waals surface area contributed by atoms with Crippen LogP contribution >= 0.6 is 0 Å². The highest BCUT2D eigenvalue weighted by Crippen LogP contribution is 2.40. The number of hydrogen-bond acceptors (Lipinski definition) is 3. The third kappa shape index (κ3) is 2.53. The summed E-state index contributed by atoms with van der Waals surface area (Å²) in [6.45, 7) is 0.697. The second-order valence-corrected chi connectivity index (χ2v) is 5.86. The number of rotatable bonds is 4. The molecule has 2 aliphatic rings. The van der Waals surface area contributed by atoms with Crippen molar-refractivity contribution in [2.45, 2.75) is 31.8 Å². The fourth-order valence-electron chi connectivity index (χ4n) is 3.03. The fourth-order valence-corrected chi connectivity index (χ4v) is 3.03. The third-order valence-electron chi connectivity index (χ3n) is 4.60. The molecular weight excluding hydrogens is 270 g/mol. The predicted molar refractivity (Wildman–Crippen MR) is 75.8 cm³/mol. The molecule has 3 rings (SSSR count). The van der Waals surface area contributed by atoms with Gasteiger partial charge in [0.25, 0.3) is 5.91 Å². The Morgan fingerprint density at radius 1 is 1.33 bits per heavy atom. The van der Waals surface area contributed by atoms with Gasteiger partial charge in [0.05, 0.1) is 12.0 Å². The fraction of sp³-hybridized carbons (Fsp3) is 0.500. The van der Waals surface area contributed by atoms with Crippen molar-refractivity contribution >= 4 is 11.9 Å². The standard InChI is InChI=1S/C16H19NO4/c18-14(17-10-16(15(19)20)7-3-8-16)13-12-5-2-1-4-11(12)6-9-21-13/h1-2,4-5,13H,3,6-10H2,(H,17,18)(H,19,20). The Hall–Kier alpha value is -1.88. The summed E-state index contributed by atoms with van der Waals surface area (Å²) in [5.74, 6) is -1.06. The summed E-state index contributed by atoms with van der Waals surface area (Å²) < 4.78 is 5.58. The van der Waals surface area contributed by atoms with E-state index in [-0.39, 0.29) is 12.5 Å². The Labute approximate surface area is 123 Å². The first-order valence-electron chi connectivity index (χ1n) is 7.33. The summed E-state index contributed by atoms with van der Waals surface area (Å²) in [5.41, 5.74) is 1.24. The maximum absolute atomic E-state index is 12.3. The molecule has 1 saturated carbocycles. The number of carboxylic acid groups (broad SMARTS) is 1. The number of carbonyl (C=O) groups is 2. The zero-order valence-electron chi connectivity index (χ0n) is 11.8. The Bertz CT molecular complexity index is 565. The lowest BCUT2D eigenvalue weighted by Crippen LogP contribution is -2.48. The molecule has 0 radical (unpaired) electrons. The van der Waals surface area contributed by atoms with Gasteiger partial charge >= 0.3 is 5.97 Å². The van der Waals surface area contributed by atoms with Gasteiger partial charge in [-0.15, -0.1) is 0 Å². The molecule has 1 unspecified atom stereocenters. The van der Waals surface area contributed by atoms with Crippen molar-refractivity contribution < 1.29 is 19.4 Å². The number of ether oxygens (including phenoxy) is 1. The van der Waals surface area contributed by atoms with Crippen LogP contribution in [-0.2, 0) is 20.7 Å². The minimum Gasteiger partial charge on any atom is -0.481 e. The minimum atomic E-state index is -0.820. The molecule has 2 N–H and O–H groups in total. The third-order valence-corrected chi connectivity index (χ3v) is 4.60. The number of nitrogens with one attached hydrogen (secondary N) is 1. The highest BCUT2D eigenvalue weighted by molar-refractivity contribution is 5.84. The summed E-state index contributed by atoms with van der Waals surface area (Å²) in [6.07, 6.45) is 2.35. The summed E-state index contributed by atoms with van der Waals surface area (Å²) in [7, 11) is 0. The minimum absolute atomic E-state index is 0.184. The largest absolute Gasteiger partial charge is 0.481 e. The van der Waals surface area contributed by atoms with Crippen LogP contribution in [0.3, 0.4) is 0 Å². The average Bonchev–Trinajstić information content (AvgIpc) is 2.45. The quantitative estimate of drug-likeness (QED) is 0.884. The number of fused-ring (bicyclic) bond motifs is 1. The second-order valence-electron chi connectivity index (χ2n) is 5.86. The molecule has 1 aliphatic heterocycles. The van der Waals surface area contributed by atoms with E-state index in [0.29, 0.717) is 19.4 Å². The average molecular weight is 289 g/mol. The van der Waals surface area contributed by atoms with Crippen molar-refractivity contribution in [3.8, 4) is 0 Å². The van der Waals surface area contributed by atoms with E-state index >= 15 is 0 Å².